The molecule has 1 aliphatic rings. The molecule has 1 unspecified atom stereocenters. The Hall–Kier alpha value is -2.34. The van der Waals surface area contributed by atoms with Crippen LogP contribution in [-0.4, -0.2) is 40.0 Å². The lowest BCUT2D eigenvalue weighted by Gasteiger charge is -2.30. The Labute approximate surface area is 150 Å². The molecule has 25 heavy (non-hydrogen) atoms. The highest BCUT2D eigenvalue weighted by Crippen LogP contribution is 2.23. The molecule has 1 saturated heterocycles. The first-order valence-electron chi connectivity index (χ1n) is 8.24. The van der Waals surface area contributed by atoms with Gasteiger partial charge in [-0.2, -0.15) is 0 Å². The normalized spacial score (nSPS) is 17.5. The number of aromatic nitrogens is 1. The standard InChI is InChI=1S/C18H19ClN2O4/c19-14-5-3-12(4-6-14)15-10-20-16(25-15)7-8-17(22)21-9-1-2-13(11-21)18(23)24/h3-6,10,13H,1-2,7-9,11H2,(H,23,24). The van der Waals surface area contributed by atoms with Crippen LogP contribution in [0.2, 0.25) is 5.02 Å². The van der Waals surface area contributed by atoms with Gasteiger partial charge in [-0.05, 0) is 37.1 Å². The highest BCUT2D eigenvalue weighted by Gasteiger charge is 2.28. The van der Waals surface area contributed by atoms with E-state index in [1.54, 1.807) is 23.2 Å². The Morgan fingerprint density at radius 3 is 2.80 bits per heavy atom. The topological polar surface area (TPSA) is 83.6 Å². The van der Waals surface area contributed by atoms with Crippen LogP contribution in [0.4, 0.5) is 0 Å². The number of rotatable bonds is 5. The number of carbonyl (C=O) groups is 2. The number of aliphatic carboxylic acids is 1. The van der Waals surface area contributed by atoms with Crippen molar-refractivity contribution in [1.29, 1.82) is 0 Å². The molecule has 1 aromatic heterocycles. The van der Waals surface area contributed by atoms with Crippen molar-refractivity contribution >= 4 is 23.5 Å². The molecule has 2 heterocycles. The molecule has 0 saturated carbocycles. The number of amides is 1. The Bertz CT molecular complexity index is 757. The molecule has 1 N–H and O–H groups in total. The lowest BCUT2D eigenvalue weighted by Crippen LogP contribution is -2.42. The third-order valence-electron chi connectivity index (χ3n) is 4.36. The van der Waals surface area contributed by atoms with Crippen molar-refractivity contribution in [2.24, 2.45) is 5.92 Å². The van der Waals surface area contributed by atoms with Crippen molar-refractivity contribution in [3.8, 4) is 11.3 Å². The van der Waals surface area contributed by atoms with Gasteiger partial charge in [0.2, 0.25) is 5.91 Å². The number of carboxylic acid groups (broad SMARTS) is 1. The van der Waals surface area contributed by atoms with Crippen LogP contribution in [0, 0.1) is 5.92 Å². The minimum Gasteiger partial charge on any atom is -0.481 e. The number of nitrogens with zero attached hydrogens (tertiary/aromatic N) is 2. The third kappa shape index (κ3) is 4.39. The van der Waals surface area contributed by atoms with E-state index in [2.05, 4.69) is 4.98 Å². The highest BCUT2D eigenvalue weighted by atomic mass is 35.5. The molecule has 2 aromatic rings. The first kappa shape index (κ1) is 17.5. The molecular weight excluding hydrogens is 344 g/mol. The van der Waals surface area contributed by atoms with E-state index in [0.717, 1.165) is 12.0 Å². The van der Waals surface area contributed by atoms with E-state index in [4.69, 9.17) is 21.1 Å². The van der Waals surface area contributed by atoms with Crippen molar-refractivity contribution in [2.75, 3.05) is 13.1 Å². The predicted molar refractivity (Wildman–Crippen MR) is 92.2 cm³/mol. The van der Waals surface area contributed by atoms with E-state index >= 15 is 0 Å². The van der Waals surface area contributed by atoms with Crippen LogP contribution in [0.25, 0.3) is 11.3 Å². The Balaban J connectivity index is 1.56. The fourth-order valence-corrected chi connectivity index (χ4v) is 3.08. The number of carbonyl (C=O) groups excluding carboxylic acids is 1. The quantitative estimate of drug-likeness (QED) is 0.882. The molecule has 7 heteroatoms. The average molecular weight is 363 g/mol. The first-order valence-corrected chi connectivity index (χ1v) is 8.62. The van der Waals surface area contributed by atoms with Gasteiger partial charge in [0, 0.05) is 36.5 Å². The monoisotopic (exact) mass is 362 g/mol. The molecule has 3 rings (SSSR count). The highest BCUT2D eigenvalue weighted by molar-refractivity contribution is 6.30. The maximum Gasteiger partial charge on any atom is 0.308 e. The Morgan fingerprint density at radius 1 is 1.32 bits per heavy atom. The summed E-state index contributed by atoms with van der Waals surface area (Å²) in [4.78, 5) is 29.2. The summed E-state index contributed by atoms with van der Waals surface area (Å²) in [5, 5.41) is 9.75. The maximum absolute atomic E-state index is 12.3. The summed E-state index contributed by atoms with van der Waals surface area (Å²) in [6.45, 7) is 0.903. The van der Waals surface area contributed by atoms with Crippen molar-refractivity contribution in [3.63, 3.8) is 0 Å². The van der Waals surface area contributed by atoms with Gasteiger partial charge in [-0.1, -0.05) is 11.6 Å². The van der Waals surface area contributed by atoms with Crippen molar-refractivity contribution in [1.82, 2.24) is 9.88 Å². The number of hydrogen-bond donors (Lipinski definition) is 1. The molecule has 1 amide bonds. The van der Waals surface area contributed by atoms with Gasteiger partial charge >= 0.3 is 5.97 Å². The lowest BCUT2D eigenvalue weighted by atomic mass is 9.98. The number of halogens is 1. The minimum absolute atomic E-state index is 0.0582. The van der Waals surface area contributed by atoms with Gasteiger partial charge in [0.1, 0.15) is 0 Å². The fraction of sp³-hybridized carbons (Fsp3) is 0.389. The summed E-state index contributed by atoms with van der Waals surface area (Å²) in [6.07, 6.45) is 3.63. The van der Waals surface area contributed by atoms with E-state index in [1.807, 2.05) is 12.1 Å². The van der Waals surface area contributed by atoms with Crippen LogP contribution >= 0.6 is 11.6 Å². The van der Waals surface area contributed by atoms with Crippen molar-refractivity contribution in [3.05, 3.63) is 41.4 Å². The number of benzene rings is 1. The first-order chi connectivity index (χ1) is 12.0. The molecule has 0 radical (unpaired) electrons. The number of oxazole rings is 1. The molecule has 0 spiro atoms. The van der Waals surface area contributed by atoms with Crippen LogP contribution in [0.3, 0.4) is 0 Å². The molecule has 1 aliphatic heterocycles. The SMILES string of the molecule is O=C(O)C1CCCN(C(=O)CCc2ncc(-c3ccc(Cl)cc3)o2)C1. The zero-order chi connectivity index (χ0) is 17.8. The van der Waals surface area contributed by atoms with Gasteiger partial charge in [0.05, 0.1) is 12.1 Å². The molecule has 6 nitrogen and oxygen atoms in total. The van der Waals surface area contributed by atoms with E-state index in [1.165, 1.54) is 0 Å². The summed E-state index contributed by atoms with van der Waals surface area (Å²) < 4.78 is 5.69. The molecule has 0 bridgehead atoms. The average Bonchev–Trinajstić information content (AvgIpc) is 3.09. The largest absolute Gasteiger partial charge is 0.481 e. The van der Waals surface area contributed by atoms with E-state index in [9.17, 15) is 9.59 Å². The third-order valence-corrected chi connectivity index (χ3v) is 4.61. The second-order valence-electron chi connectivity index (χ2n) is 6.14. The number of hydrogen-bond acceptors (Lipinski definition) is 4. The summed E-state index contributed by atoms with van der Waals surface area (Å²) in [7, 11) is 0. The van der Waals surface area contributed by atoms with E-state index in [-0.39, 0.29) is 18.9 Å². The van der Waals surface area contributed by atoms with Gasteiger partial charge in [-0.3, -0.25) is 9.59 Å². The van der Waals surface area contributed by atoms with Gasteiger partial charge in [0.15, 0.2) is 11.7 Å². The summed E-state index contributed by atoms with van der Waals surface area (Å²) in [6, 6.07) is 7.24. The number of aryl methyl sites for hydroxylation is 1. The molecule has 132 valence electrons. The zero-order valence-electron chi connectivity index (χ0n) is 13.7. The van der Waals surface area contributed by atoms with Crippen molar-refractivity contribution < 1.29 is 19.1 Å². The second-order valence-corrected chi connectivity index (χ2v) is 6.58. The smallest absolute Gasteiger partial charge is 0.308 e. The Kier molecular flexibility index (Phi) is 5.38. The van der Waals surface area contributed by atoms with Crippen molar-refractivity contribution in [2.45, 2.75) is 25.7 Å². The van der Waals surface area contributed by atoms with Gasteiger partial charge in [-0.25, -0.2) is 4.98 Å². The molecular formula is C18H19ClN2O4. The van der Waals surface area contributed by atoms with Crippen LogP contribution in [0.15, 0.2) is 34.9 Å². The fourth-order valence-electron chi connectivity index (χ4n) is 2.95. The molecule has 0 aliphatic carbocycles. The second kappa shape index (κ2) is 7.70. The van der Waals surface area contributed by atoms with Crippen LogP contribution in [0.5, 0.6) is 0 Å². The lowest BCUT2D eigenvalue weighted by molar-refractivity contribution is -0.145. The zero-order valence-corrected chi connectivity index (χ0v) is 14.4. The molecule has 1 atom stereocenters. The predicted octanol–water partition coefficient (Wildman–Crippen LogP) is 3.25. The van der Waals surface area contributed by atoms with Gasteiger partial charge in [-0.15, -0.1) is 0 Å². The summed E-state index contributed by atoms with van der Waals surface area (Å²) in [5.41, 5.74) is 0.870. The number of piperidine rings is 1. The number of carboxylic acids is 1. The van der Waals surface area contributed by atoms with Crippen LogP contribution in [-0.2, 0) is 16.0 Å². The van der Waals surface area contributed by atoms with E-state index in [0.29, 0.717) is 36.1 Å². The number of likely N-dealkylation sites (tertiary alicyclic amines) is 1. The maximum atomic E-state index is 12.3. The van der Waals surface area contributed by atoms with Crippen LogP contribution < -0.4 is 0 Å². The minimum atomic E-state index is -0.835. The summed E-state index contributed by atoms with van der Waals surface area (Å²) >= 11 is 5.87. The summed E-state index contributed by atoms with van der Waals surface area (Å²) in [5.74, 6) is -0.237. The van der Waals surface area contributed by atoms with E-state index < -0.39 is 11.9 Å². The van der Waals surface area contributed by atoms with Crippen LogP contribution in [0.1, 0.15) is 25.2 Å². The van der Waals surface area contributed by atoms with Gasteiger partial charge < -0.3 is 14.4 Å². The molecule has 1 aromatic carbocycles. The Morgan fingerprint density at radius 2 is 2.08 bits per heavy atom. The van der Waals surface area contributed by atoms with Gasteiger partial charge in [0.25, 0.3) is 0 Å². The molecule has 1 fully saturated rings.